The third-order valence-corrected chi connectivity index (χ3v) is 3.20. The van der Waals surface area contributed by atoms with Crippen LogP contribution in [0.1, 0.15) is 23.2 Å². The summed E-state index contributed by atoms with van der Waals surface area (Å²) in [4.78, 5) is 24.2. The molecule has 6 heteroatoms. The Labute approximate surface area is 123 Å². The van der Waals surface area contributed by atoms with Gasteiger partial charge in [0.1, 0.15) is 0 Å². The number of nitro groups is 1. The van der Waals surface area contributed by atoms with Gasteiger partial charge >= 0.3 is 0 Å². The van der Waals surface area contributed by atoms with E-state index in [1.807, 2.05) is 0 Å². The molecular formula is C14H17ClN2O3. The molecular weight excluding hydrogens is 280 g/mol. The summed E-state index contributed by atoms with van der Waals surface area (Å²) in [6.07, 6.45) is 5.74. The average Bonchev–Trinajstić information content (AvgIpc) is 2.46. The summed E-state index contributed by atoms with van der Waals surface area (Å²) in [5.74, 6) is 0.0319. The van der Waals surface area contributed by atoms with E-state index in [0.717, 1.165) is 26.1 Å². The third kappa shape index (κ3) is 4.43. The van der Waals surface area contributed by atoms with Crippen LogP contribution in [-0.2, 0) is 0 Å². The number of nitrogens with zero attached hydrogens (tertiary/aromatic N) is 2. The monoisotopic (exact) mass is 296 g/mol. The number of Topliss-reactive ketones (excluding diaryl/α,β-unsaturated/α-hetero) is 1. The number of hydrogen-bond acceptors (Lipinski definition) is 4. The molecule has 1 aliphatic heterocycles. The fraction of sp³-hybridized carbons (Fsp3) is 0.357. The zero-order valence-corrected chi connectivity index (χ0v) is 11.8. The van der Waals surface area contributed by atoms with Gasteiger partial charge in [0.05, 0.1) is 4.92 Å². The Morgan fingerprint density at radius 2 is 1.95 bits per heavy atom. The fourth-order valence-electron chi connectivity index (χ4n) is 2.07. The lowest BCUT2D eigenvalue weighted by Crippen LogP contribution is -2.29. The van der Waals surface area contributed by atoms with Crippen LogP contribution < -0.4 is 0 Å². The molecule has 0 N–H and O–H groups in total. The van der Waals surface area contributed by atoms with Gasteiger partial charge in [0, 0.05) is 43.8 Å². The highest BCUT2D eigenvalue weighted by Gasteiger charge is 2.12. The summed E-state index contributed by atoms with van der Waals surface area (Å²) in [5, 5.41) is 10.5. The summed E-state index contributed by atoms with van der Waals surface area (Å²) in [6, 6.07) is 5.79. The number of non-ortho nitro benzene ring substituents is 1. The number of carbonyl (C=O) groups is 1. The highest BCUT2D eigenvalue weighted by Crippen LogP contribution is 2.13. The van der Waals surface area contributed by atoms with Gasteiger partial charge in [0.15, 0.2) is 5.78 Å². The van der Waals surface area contributed by atoms with Crippen LogP contribution in [0.4, 0.5) is 5.69 Å². The van der Waals surface area contributed by atoms with E-state index in [2.05, 4.69) is 17.1 Å². The minimum absolute atomic E-state index is 0. The van der Waals surface area contributed by atoms with Crippen molar-refractivity contribution >= 4 is 23.9 Å². The Hall–Kier alpha value is -1.72. The van der Waals surface area contributed by atoms with Crippen molar-refractivity contribution in [3.63, 3.8) is 0 Å². The molecule has 0 radical (unpaired) electrons. The summed E-state index contributed by atoms with van der Waals surface area (Å²) in [6.45, 7) is 2.62. The van der Waals surface area contributed by atoms with Gasteiger partial charge in [0.25, 0.3) is 5.69 Å². The number of carbonyl (C=O) groups excluding carboxylic acids is 1. The van der Waals surface area contributed by atoms with Crippen LogP contribution in [-0.4, -0.2) is 35.2 Å². The Kier molecular flexibility index (Phi) is 6.35. The van der Waals surface area contributed by atoms with Crippen LogP contribution >= 0.6 is 12.4 Å². The molecule has 0 atom stereocenters. The molecule has 0 bridgehead atoms. The van der Waals surface area contributed by atoms with Gasteiger partial charge in [-0.3, -0.25) is 19.8 Å². The van der Waals surface area contributed by atoms with Gasteiger partial charge in [0.2, 0.25) is 0 Å². The van der Waals surface area contributed by atoms with Crippen molar-refractivity contribution in [1.29, 1.82) is 0 Å². The van der Waals surface area contributed by atoms with Crippen LogP contribution in [0.3, 0.4) is 0 Å². The van der Waals surface area contributed by atoms with E-state index in [0.29, 0.717) is 12.0 Å². The largest absolute Gasteiger partial charge is 0.299 e. The van der Waals surface area contributed by atoms with E-state index in [4.69, 9.17) is 0 Å². The highest BCUT2D eigenvalue weighted by atomic mass is 35.5. The van der Waals surface area contributed by atoms with Crippen molar-refractivity contribution in [3.05, 3.63) is 52.1 Å². The van der Waals surface area contributed by atoms with Crippen LogP contribution in [0.2, 0.25) is 0 Å². The third-order valence-electron chi connectivity index (χ3n) is 3.20. The van der Waals surface area contributed by atoms with Gasteiger partial charge in [-0.2, -0.15) is 0 Å². The molecule has 1 aliphatic rings. The predicted molar refractivity (Wildman–Crippen MR) is 79.5 cm³/mol. The summed E-state index contributed by atoms with van der Waals surface area (Å²) in [7, 11) is 0. The average molecular weight is 297 g/mol. The molecule has 0 unspecified atom stereocenters. The first-order valence-corrected chi connectivity index (χ1v) is 6.32. The zero-order valence-electron chi connectivity index (χ0n) is 11.0. The molecule has 0 spiro atoms. The van der Waals surface area contributed by atoms with Crippen LogP contribution in [0.5, 0.6) is 0 Å². The lowest BCUT2D eigenvalue weighted by Gasteiger charge is -2.22. The van der Waals surface area contributed by atoms with Gasteiger partial charge in [-0.15, -0.1) is 12.4 Å². The van der Waals surface area contributed by atoms with Crippen molar-refractivity contribution in [3.8, 4) is 0 Å². The van der Waals surface area contributed by atoms with Gasteiger partial charge in [-0.1, -0.05) is 12.2 Å². The van der Waals surface area contributed by atoms with Crippen molar-refractivity contribution in [1.82, 2.24) is 4.90 Å². The van der Waals surface area contributed by atoms with E-state index in [9.17, 15) is 14.9 Å². The molecule has 5 nitrogen and oxygen atoms in total. The maximum atomic E-state index is 12.0. The molecule has 0 fully saturated rings. The molecule has 0 amide bonds. The van der Waals surface area contributed by atoms with Crippen molar-refractivity contribution in [2.45, 2.75) is 12.8 Å². The lowest BCUT2D eigenvalue weighted by atomic mass is 10.1. The van der Waals surface area contributed by atoms with E-state index in [1.54, 1.807) is 0 Å². The van der Waals surface area contributed by atoms with Gasteiger partial charge in [-0.25, -0.2) is 0 Å². The maximum absolute atomic E-state index is 12.0. The second-order valence-corrected chi connectivity index (χ2v) is 4.54. The van der Waals surface area contributed by atoms with E-state index in [1.165, 1.54) is 24.3 Å². The first-order chi connectivity index (χ1) is 9.16. The van der Waals surface area contributed by atoms with Crippen molar-refractivity contribution in [2.24, 2.45) is 0 Å². The number of benzene rings is 1. The Balaban J connectivity index is 0.00000200. The number of nitro benzene ring substituents is 1. The number of ketones is 1. The van der Waals surface area contributed by atoms with E-state index >= 15 is 0 Å². The SMILES string of the molecule is Cl.O=C(CCN1CC=CCC1)c1ccc([N+](=O)[O-])cc1. The van der Waals surface area contributed by atoms with Gasteiger partial charge < -0.3 is 0 Å². The molecule has 0 aliphatic carbocycles. The molecule has 0 saturated carbocycles. The minimum atomic E-state index is -0.464. The Morgan fingerprint density at radius 3 is 2.50 bits per heavy atom. The molecule has 2 rings (SSSR count). The van der Waals surface area contributed by atoms with Crippen LogP contribution in [0.15, 0.2) is 36.4 Å². The fourth-order valence-corrected chi connectivity index (χ4v) is 2.07. The van der Waals surface area contributed by atoms with Crippen LogP contribution in [0.25, 0.3) is 0 Å². The molecule has 1 heterocycles. The summed E-state index contributed by atoms with van der Waals surface area (Å²) >= 11 is 0. The zero-order chi connectivity index (χ0) is 13.7. The normalized spacial score (nSPS) is 14.6. The number of halogens is 1. The molecule has 0 aromatic heterocycles. The molecule has 108 valence electrons. The van der Waals surface area contributed by atoms with E-state index in [-0.39, 0.29) is 23.9 Å². The lowest BCUT2D eigenvalue weighted by molar-refractivity contribution is -0.384. The van der Waals surface area contributed by atoms with Gasteiger partial charge in [-0.05, 0) is 18.6 Å². The second kappa shape index (κ2) is 7.77. The Bertz CT molecular complexity index is 500. The number of hydrogen-bond donors (Lipinski definition) is 0. The molecule has 20 heavy (non-hydrogen) atoms. The van der Waals surface area contributed by atoms with Crippen LogP contribution in [0, 0.1) is 10.1 Å². The van der Waals surface area contributed by atoms with Crippen molar-refractivity contribution < 1.29 is 9.72 Å². The summed E-state index contributed by atoms with van der Waals surface area (Å²) < 4.78 is 0. The topological polar surface area (TPSA) is 63.5 Å². The maximum Gasteiger partial charge on any atom is 0.269 e. The van der Waals surface area contributed by atoms with E-state index < -0.39 is 4.92 Å². The number of rotatable bonds is 5. The first kappa shape index (κ1) is 16.3. The second-order valence-electron chi connectivity index (χ2n) is 4.54. The molecule has 1 aromatic rings. The standard InChI is InChI=1S/C14H16N2O3.ClH/c17-14(8-11-15-9-2-1-3-10-15)12-4-6-13(7-5-12)16(18)19;/h1-2,4-7H,3,8-11H2;1H. The predicted octanol–water partition coefficient (Wildman–Crippen LogP) is 2.85. The molecule has 0 saturated heterocycles. The Morgan fingerprint density at radius 1 is 1.25 bits per heavy atom. The smallest absolute Gasteiger partial charge is 0.269 e. The highest BCUT2D eigenvalue weighted by molar-refractivity contribution is 5.96. The minimum Gasteiger partial charge on any atom is -0.299 e. The first-order valence-electron chi connectivity index (χ1n) is 6.32. The quantitative estimate of drug-likeness (QED) is 0.363. The van der Waals surface area contributed by atoms with Crippen molar-refractivity contribution in [2.75, 3.05) is 19.6 Å². The molecule has 1 aromatic carbocycles. The summed E-state index contributed by atoms with van der Waals surface area (Å²) in [5.41, 5.74) is 0.552.